The predicted octanol–water partition coefficient (Wildman–Crippen LogP) is 6.94. The second kappa shape index (κ2) is 14.6. The van der Waals surface area contributed by atoms with Crippen molar-refractivity contribution in [1.82, 2.24) is 0 Å². The summed E-state index contributed by atoms with van der Waals surface area (Å²) in [7, 11) is 1.57. The van der Waals surface area contributed by atoms with Gasteiger partial charge in [0.15, 0.2) is 0 Å². The number of para-hydroxylation sites is 1. The molecule has 0 spiro atoms. The molecular weight excluding hydrogens is 324 g/mol. The monoisotopic (exact) mass is 362 g/mol. The quantitative estimate of drug-likeness (QED) is 0.250. The first kappa shape index (κ1) is 22.5. The number of methoxy groups -OCH3 is 1. The summed E-state index contributed by atoms with van der Waals surface area (Å²) in [6, 6.07) is 7.21. The fourth-order valence-electron chi connectivity index (χ4n) is 3.21. The normalized spacial score (nSPS) is 12.0. The second-order valence-corrected chi connectivity index (χ2v) is 7.24. The molecule has 1 unspecified atom stereocenters. The van der Waals surface area contributed by atoms with Crippen LogP contribution < -0.4 is 4.74 Å². The van der Waals surface area contributed by atoms with Crippen molar-refractivity contribution in [3.63, 3.8) is 0 Å². The Balaban J connectivity index is 2.05. The lowest BCUT2D eigenvalue weighted by Crippen LogP contribution is -2.15. The molecule has 0 radical (unpaired) electrons. The molecule has 0 amide bonds. The van der Waals surface area contributed by atoms with Gasteiger partial charge >= 0.3 is 5.97 Å². The third-order valence-corrected chi connectivity index (χ3v) is 4.85. The van der Waals surface area contributed by atoms with Gasteiger partial charge in [-0.05, 0) is 31.9 Å². The Morgan fingerprint density at radius 2 is 1.42 bits per heavy atom. The number of unbranched alkanes of at least 4 members (excludes halogenated alkanes) is 10. The minimum Gasteiger partial charge on any atom is -0.496 e. The van der Waals surface area contributed by atoms with Crippen LogP contribution in [-0.2, 0) is 4.74 Å². The van der Waals surface area contributed by atoms with Crippen LogP contribution >= 0.6 is 0 Å². The van der Waals surface area contributed by atoms with Crippen molar-refractivity contribution in [3.05, 3.63) is 29.8 Å². The van der Waals surface area contributed by atoms with E-state index in [2.05, 4.69) is 6.92 Å². The summed E-state index contributed by atoms with van der Waals surface area (Å²) < 4.78 is 10.8. The molecule has 0 aliphatic rings. The SMILES string of the molecule is CCCCCCCCCCCCCC(C)OC(=O)c1ccccc1OC. The van der Waals surface area contributed by atoms with Crippen LogP contribution in [0.2, 0.25) is 0 Å². The van der Waals surface area contributed by atoms with Crippen LogP contribution in [-0.4, -0.2) is 19.2 Å². The Bertz CT molecular complexity index is 484. The number of carbonyl (C=O) groups excluding carboxylic acids is 1. The molecule has 0 aliphatic carbocycles. The van der Waals surface area contributed by atoms with Crippen molar-refractivity contribution in [2.24, 2.45) is 0 Å². The van der Waals surface area contributed by atoms with E-state index in [4.69, 9.17) is 9.47 Å². The number of carbonyl (C=O) groups is 1. The Hall–Kier alpha value is -1.51. The lowest BCUT2D eigenvalue weighted by molar-refractivity contribution is 0.0316. The fraction of sp³-hybridized carbons (Fsp3) is 0.696. The zero-order valence-corrected chi connectivity index (χ0v) is 17.1. The largest absolute Gasteiger partial charge is 0.496 e. The number of hydrogen-bond donors (Lipinski definition) is 0. The summed E-state index contributed by atoms with van der Waals surface area (Å²) in [6.07, 6.45) is 15.5. The standard InChI is InChI=1S/C23H38O3/c1-4-5-6-7-8-9-10-11-12-13-14-17-20(2)26-23(24)21-18-15-16-19-22(21)25-3/h15-16,18-20H,4-14,17H2,1-3H3. The first-order valence-electron chi connectivity index (χ1n) is 10.5. The Kier molecular flexibility index (Phi) is 12.7. The maximum Gasteiger partial charge on any atom is 0.342 e. The third-order valence-electron chi connectivity index (χ3n) is 4.85. The van der Waals surface area contributed by atoms with Crippen LogP contribution in [0.25, 0.3) is 0 Å². The van der Waals surface area contributed by atoms with Crippen LogP contribution in [0.5, 0.6) is 5.75 Å². The molecule has 26 heavy (non-hydrogen) atoms. The van der Waals surface area contributed by atoms with E-state index in [1.165, 1.54) is 64.2 Å². The van der Waals surface area contributed by atoms with Crippen LogP contribution in [0.3, 0.4) is 0 Å². The molecule has 0 aliphatic heterocycles. The van der Waals surface area contributed by atoms with Crippen LogP contribution in [0.15, 0.2) is 24.3 Å². The Labute approximate surface area is 160 Å². The van der Waals surface area contributed by atoms with Gasteiger partial charge in [-0.2, -0.15) is 0 Å². The molecule has 0 saturated heterocycles. The van der Waals surface area contributed by atoms with Crippen molar-refractivity contribution in [3.8, 4) is 5.75 Å². The maximum atomic E-state index is 12.2. The summed E-state index contributed by atoms with van der Waals surface area (Å²) in [5.41, 5.74) is 0.501. The van der Waals surface area contributed by atoms with E-state index >= 15 is 0 Å². The smallest absolute Gasteiger partial charge is 0.342 e. The fourth-order valence-corrected chi connectivity index (χ4v) is 3.21. The first-order valence-corrected chi connectivity index (χ1v) is 10.5. The van der Waals surface area contributed by atoms with Crippen molar-refractivity contribution in [2.45, 2.75) is 97.0 Å². The summed E-state index contributed by atoms with van der Waals surface area (Å²) in [5, 5.41) is 0. The van der Waals surface area contributed by atoms with Gasteiger partial charge in [0.05, 0.1) is 13.2 Å². The summed E-state index contributed by atoms with van der Waals surface area (Å²) >= 11 is 0. The molecule has 1 aromatic rings. The van der Waals surface area contributed by atoms with E-state index < -0.39 is 0 Å². The van der Waals surface area contributed by atoms with Crippen LogP contribution in [0, 0.1) is 0 Å². The molecule has 148 valence electrons. The molecule has 0 bridgehead atoms. The van der Waals surface area contributed by atoms with Crippen molar-refractivity contribution >= 4 is 5.97 Å². The zero-order valence-electron chi connectivity index (χ0n) is 17.1. The van der Waals surface area contributed by atoms with Crippen LogP contribution in [0.1, 0.15) is 101 Å². The average molecular weight is 363 g/mol. The molecule has 3 heteroatoms. The number of hydrogen-bond acceptors (Lipinski definition) is 3. The number of benzene rings is 1. The molecular formula is C23H38O3. The topological polar surface area (TPSA) is 35.5 Å². The molecule has 1 rings (SSSR count). The molecule has 3 nitrogen and oxygen atoms in total. The lowest BCUT2D eigenvalue weighted by atomic mass is 10.0. The van der Waals surface area contributed by atoms with Gasteiger partial charge in [-0.3, -0.25) is 0 Å². The van der Waals surface area contributed by atoms with Crippen molar-refractivity contribution < 1.29 is 14.3 Å². The first-order chi connectivity index (χ1) is 12.7. The lowest BCUT2D eigenvalue weighted by Gasteiger charge is -2.14. The van der Waals surface area contributed by atoms with Gasteiger partial charge in [0.2, 0.25) is 0 Å². The van der Waals surface area contributed by atoms with Gasteiger partial charge < -0.3 is 9.47 Å². The minimum absolute atomic E-state index is 0.0500. The van der Waals surface area contributed by atoms with E-state index in [1.54, 1.807) is 19.2 Å². The highest BCUT2D eigenvalue weighted by Crippen LogP contribution is 2.20. The molecule has 0 heterocycles. The van der Waals surface area contributed by atoms with E-state index in [1.807, 2.05) is 19.1 Å². The molecule has 0 saturated carbocycles. The average Bonchev–Trinajstić information content (AvgIpc) is 2.66. The van der Waals surface area contributed by atoms with E-state index in [0.717, 1.165) is 12.8 Å². The Morgan fingerprint density at radius 1 is 0.885 bits per heavy atom. The summed E-state index contributed by atoms with van der Waals surface area (Å²) in [5.74, 6) is 0.275. The molecule has 0 aromatic heterocycles. The number of rotatable bonds is 15. The highest BCUT2D eigenvalue weighted by atomic mass is 16.5. The van der Waals surface area contributed by atoms with Crippen molar-refractivity contribution in [1.29, 1.82) is 0 Å². The van der Waals surface area contributed by atoms with Gasteiger partial charge in [-0.25, -0.2) is 4.79 Å². The predicted molar refractivity (Wildman–Crippen MR) is 109 cm³/mol. The van der Waals surface area contributed by atoms with Crippen LogP contribution in [0.4, 0.5) is 0 Å². The summed E-state index contributed by atoms with van der Waals surface area (Å²) in [6.45, 7) is 4.24. The maximum absolute atomic E-state index is 12.2. The van der Waals surface area contributed by atoms with E-state index in [9.17, 15) is 4.79 Å². The van der Waals surface area contributed by atoms with Crippen molar-refractivity contribution in [2.75, 3.05) is 7.11 Å². The second-order valence-electron chi connectivity index (χ2n) is 7.24. The van der Waals surface area contributed by atoms with E-state index in [-0.39, 0.29) is 12.1 Å². The molecule has 0 N–H and O–H groups in total. The number of ether oxygens (including phenoxy) is 2. The minimum atomic E-state index is -0.293. The Morgan fingerprint density at radius 3 is 2.00 bits per heavy atom. The highest BCUT2D eigenvalue weighted by molar-refractivity contribution is 5.92. The van der Waals surface area contributed by atoms with Gasteiger partial charge in [0.25, 0.3) is 0 Å². The summed E-state index contributed by atoms with van der Waals surface area (Å²) in [4.78, 5) is 12.2. The van der Waals surface area contributed by atoms with Gasteiger partial charge in [0, 0.05) is 0 Å². The van der Waals surface area contributed by atoms with Gasteiger partial charge in [-0.15, -0.1) is 0 Å². The molecule has 0 fully saturated rings. The van der Waals surface area contributed by atoms with Gasteiger partial charge in [0.1, 0.15) is 11.3 Å². The molecule has 1 aromatic carbocycles. The van der Waals surface area contributed by atoms with E-state index in [0.29, 0.717) is 11.3 Å². The highest BCUT2D eigenvalue weighted by Gasteiger charge is 2.15. The zero-order chi connectivity index (χ0) is 19.0. The molecule has 1 atom stereocenters. The third kappa shape index (κ3) is 9.84. The number of esters is 1. The van der Waals surface area contributed by atoms with Gasteiger partial charge in [-0.1, -0.05) is 83.3 Å².